The highest BCUT2D eigenvalue weighted by atomic mass is 32.1. The zero-order valence-corrected chi connectivity index (χ0v) is 8.78. The monoisotopic (exact) mass is 226 g/mol. The molecule has 1 heterocycles. The number of para-hydroxylation sites is 1. The van der Waals surface area contributed by atoms with Gasteiger partial charge in [0, 0.05) is 0 Å². The van der Waals surface area contributed by atoms with Gasteiger partial charge < -0.3 is 4.74 Å². The Kier molecular flexibility index (Phi) is 2.81. The van der Waals surface area contributed by atoms with E-state index < -0.39 is 0 Å². The molecule has 0 fully saturated rings. The van der Waals surface area contributed by atoms with Crippen LogP contribution in [0.1, 0.15) is 11.1 Å². The molecule has 0 atom stereocenters. The second-order valence-corrected chi connectivity index (χ2v) is 3.57. The van der Waals surface area contributed by atoms with Crippen LogP contribution in [0.2, 0.25) is 0 Å². The third kappa shape index (κ3) is 1.85. The van der Waals surface area contributed by atoms with Crippen LogP contribution < -0.4 is 4.74 Å². The summed E-state index contributed by atoms with van der Waals surface area (Å²) in [5, 5.41) is 18.3. The Morgan fingerprint density at radius 2 is 1.94 bits per heavy atom. The summed E-state index contributed by atoms with van der Waals surface area (Å²) in [7, 11) is 0. The zero-order chi connectivity index (χ0) is 11.4. The SMILES string of the molecule is N#Cc1cccc(C#N)c1Oc1cn[c]s1. The van der Waals surface area contributed by atoms with Crippen molar-refractivity contribution < 1.29 is 4.74 Å². The minimum Gasteiger partial charge on any atom is -0.442 e. The Balaban J connectivity index is 2.47. The highest BCUT2D eigenvalue weighted by Crippen LogP contribution is 2.30. The number of benzene rings is 1. The number of hydrogen-bond donors (Lipinski definition) is 0. The minimum atomic E-state index is 0.269. The van der Waals surface area contributed by atoms with Gasteiger partial charge in [0.2, 0.25) is 5.06 Å². The molecule has 1 radical (unpaired) electrons. The first-order valence-electron chi connectivity index (χ1n) is 4.28. The van der Waals surface area contributed by atoms with Crippen LogP contribution in [0.25, 0.3) is 0 Å². The molecule has 0 aliphatic heterocycles. The summed E-state index contributed by atoms with van der Waals surface area (Å²) >= 11 is 1.18. The summed E-state index contributed by atoms with van der Waals surface area (Å²) in [5.74, 6) is 0.269. The minimum absolute atomic E-state index is 0.269. The summed E-state index contributed by atoms with van der Waals surface area (Å²) < 4.78 is 5.44. The smallest absolute Gasteiger partial charge is 0.201 e. The van der Waals surface area contributed by atoms with Gasteiger partial charge in [0.25, 0.3) is 0 Å². The molecule has 0 spiro atoms. The van der Waals surface area contributed by atoms with Crippen LogP contribution >= 0.6 is 11.3 Å². The van der Waals surface area contributed by atoms with Gasteiger partial charge in [0.05, 0.1) is 17.3 Å². The van der Waals surface area contributed by atoms with E-state index in [9.17, 15) is 0 Å². The third-order valence-corrected chi connectivity index (χ3v) is 2.41. The van der Waals surface area contributed by atoms with E-state index in [0.29, 0.717) is 16.2 Å². The molecular weight excluding hydrogens is 222 g/mol. The van der Waals surface area contributed by atoms with Crippen molar-refractivity contribution in [3.63, 3.8) is 0 Å². The molecule has 5 heteroatoms. The Bertz CT molecular complexity index is 546. The van der Waals surface area contributed by atoms with Crippen molar-refractivity contribution in [2.75, 3.05) is 0 Å². The predicted molar refractivity (Wildman–Crippen MR) is 56.9 cm³/mol. The third-order valence-electron chi connectivity index (χ3n) is 1.83. The Hall–Kier alpha value is -2.37. The lowest BCUT2D eigenvalue weighted by Gasteiger charge is -2.05. The molecular formula is C11H4N3OS. The lowest BCUT2D eigenvalue weighted by atomic mass is 10.1. The molecule has 2 rings (SSSR count). The molecule has 75 valence electrons. The van der Waals surface area contributed by atoms with Gasteiger partial charge in [0.15, 0.2) is 11.3 Å². The van der Waals surface area contributed by atoms with Crippen molar-refractivity contribution in [3.05, 3.63) is 41.0 Å². The lowest BCUT2D eigenvalue weighted by Crippen LogP contribution is -1.90. The van der Waals surface area contributed by atoms with Gasteiger partial charge in [-0.3, -0.25) is 0 Å². The molecule has 0 N–H and O–H groups in total. The van der Waals surface area contributed by atoms with Gasteiger partial charge in [-0.2, -0.15) is 10.5 Å². The van der Waals surface area contributed by atoms with Gasteiger partial charge in [-0.05, 0) is 12.1 Å². The molecule has 0 aliphatic carbocycles. The van der Waals surface area contributed by atoms with E-state index in [-0.39, 0.29) is 5.75 Å². The van der Waals surface area contributed by atoms with Crippen LogP contribution in [0, 0.1) is 28.2 Å². The maximum atomic E-state index is 8.91. The Morgan fingerprint density at radius 3 is 2.44 bits per heavy atom. The van der Waals surface area contributed by atoms with Crippen LogP contribution in [-0.4, -0.2) is 4.98 Å². The first-order valence-corrected chi connectivity index (χ1v) is 5.09. The number of hydrogen-bond acceptors (Lipinski definition) is 5. The average Bonchev–Trinajstić information content (AvgIpc) is 2.82. The quantitative estimate of drug-likeness (QED) is 0.788. The van der Waals surface area contributed by atoms with E-state index in [1.807, 2.05) is 12.1 Å². The van der Waals surface area contributed by atoms with Crippen molar-refractivity contribution in [1.82, 2.24) is 4.98 Å². The van der Waals surface area contributed by atoms with E-state index in [2.05, 4.69) is 10.5 Å². The summed E-state index contributed by atoms with van der Waals surface area (Å²) in [6, 6.07) is 8.80. The molecule has 1 aromatic heterocycles. The maximum absolute atomic E-state index is 8.91. The number of rotatable bonds is 2. The van der Waals surface area contributed by atoms with E-state index >= 15 is 0 Å². The van der Waals surface area contributed by atoms with E-state index in [1.165, 1.54) is 17.5 Å². The van der Waals surface area contributed by atoms with Crippen LogP contribution in [0.15, 0.2) is 24.4 Å². The number of ether oxygens (including phenoxy) is 1. The highest BCUT2D eigenvalue weighted by Gasteiger charge is 2.11. The molecule has 16 heavy (non-hydrogen) atoms. The van der Waals surface area contributed by atoms with Crippen molar-refractivity contribution >= 4 is 11.3 Å². The first-order chi connectivity index (χ1) is 7.85. The number of nitrogens with zero attached hydrogens (tertiary/aromatic N) is 3. The number of thiazole rings is 1. The molecule has 2 aromatic rings. The topological polar surface area (TPSA) is 69.7 Å². The summed E-state index contributed by atoms with van der Waals surface area (Å²) in [6.07, 6.45) is 1.49. The molecule has 1 aromatic carbocycles. The normalized spacial score (nSPS) is 9.12. The lowest BCUT2D eigenvalue weighted by molar-refractivity contribution is 0.492. The fourth-order valence-corrected chi connectivity index (χ4v) is 1.57. The van der Waals surface area contributed by atoms with Gasteiger partial charge in [-0.15, -0.1) is 0 Å². The second kappa shape index (κ2) is 4.43. The zero-order valence-electron chi connectivity index (χ0n) is 7.97. The Morgan fingerprint density at radius 1 is 1.25 bits per heavy atom. The van der Waals surface area contributed by atoms with Gasteiger partial charge in [0.1, 0.15) is 12.1 Å². The number of aromatic nitrogens is 1. The van der Waals surface area contributed by atoms with Crippen LogP contribution in [0.5, 0.6) is 10.8 Å². The van der Waals surface area contributed by atoms with Crippen molar-refractivity contribution in [1.29, 1.82) is 10.5 Å². The molecule has 0 bridgehead atoms. The van der Waals surface area contributed by atoms with E-state index in [1.54, 1.807) is 18.2 Å². The maximum Gasteiger partial charge on any atom is 0.201 e. The molecule has 0 saturated carbocycles. The molecule has 4 nitrogen and oxygen atoms in total. The summed E-state index contributed by atoms with van der Waals surface area (Å²) in [4.78, 5) is 3.73. The summed E-state index contributed by atoms with van der Waals surface area (Å²) in [5.41, 5.74) is 3.28. The first kappa shape index (κ1) is 10.2. The fraction of sp³-hybridized carbons (Fsp3) is 0. The second-order valence-electron chi connectivity index (χ2n) is 2.78. The van der Waals surface area contributed by atoms with Crippen molar-refractivity contribution in [3.8, 4) is 23.0 Å². The fourth-order valence-electron chi connectivity index (χ4n) is 1.15. The van der Waals surface area contributed by atoms with Gasteiger partial charge in [-0.25, -0.2) is 4.98 Å². The molecule has 0 saturated heterocycles. The predicted octanol–water partition coefficient (Wildman–Crippen LogP) is 2.48. The van der Waals surface area contributed by atoms with Crippen LogP contribution in [0.3, 0.4) is 0 Å². The van der Waals surface area contributed by atoms with Crippen molar-refractivity contribution in [2.45, 2.75) is 0 Å². The standard InChI is InChI=1S/C11H4N3OS/c12-4-8-2-1-3-9(5-13)11(8)15-10-6-14-7-16-10/h1-3,6H. The van der Waals surface area contributed by atoms with Crippen molar-refractivity contribution in [2.24, 2.45) is 0 Å². The largest absolute Gasteiger partial charge is 0.442 e. The Labute approximate surface area is 96.0 Å². The van der Waals surface area contributed by atoms with Crippen LogP contribution in [0.4, 0.5) is 0 Å². The molecule has 0 aliphatic rings. The van der Waals surface area contributed by atoms with E-state index in [4.69, 9.17) is 15.3 Å². The van der Waals surface area contributed by atoms with Crippen LogP contribution in [-0.2, 0) is 0 Å². The average molecular weight is 226 g/mol. The highest BCUT2D eigenvalue weighted by molar-refractivity contribution is 7.11. The van der Waals surface area contributed by atoms with E-state index in [0.717, 1.165) is 0 Å². The summed E-state index contributed by atoms with van der Waals surface area (Å²) in [6.45, 7) is 0. The molecule has 0 unspecified atom stereocenters. The van der Waals surface area contributed by atoms with Gasteiger partial charge >= 0.3 is 0 Å². The number of nitriles is 2. The van der Waals surface area contributed by atoms with Gasteiger partial charge in [-0.1, -0.05) is 17.4 Å². The molecule has 0 amide bonds.